The highest BCUT2D eigenvalue weighted by atomic mass is 35.5. The Balaban J connectivity index is 2.46. The summed E-state index contributed by atoms with van der Waals surface area (Å²) in [5.41, 5.74) is 0. The summed E-state index contributed by atoms with van der Waals surface area (Å²) in [5.74, 6) is 0.692. The van der Waals surface area contributed by atoms with Crippen LogP contribution >= 0.6 is 11.6 Å². The number of hydrogen-bond donors (Lipinski definition) is 1. The number of hydrogen-bond acceptors (Lipinski definition) is 1. The van der Waals surface area contributed by atoms with E-state index in [0.717, 1.165) is 6.42 Å². The fourth-order valence-electron chi connectivity index (χ4n) is 1.44. The maximum absolute atomic E-state index is 9.35. The zero-order valence-corrected chi connectivity index (χ0v) is 7.01. The molecule has 0 bridgehead atoms. The van der Waals surface area contributed by atoms with Crippen LogP contribution in [0.15, 0.2) is 0 Å². The van der Waals surface area contributed by atoms with Crippen molar-refractivity contribution in [1.29, 1.82) is 0 Å². The molecule has 0 aromatic rings. The zero-order valence-electron chi connectivity index (χ0n) is 6.26. The van der Waals surface area contributed by atoms with Gasteiger partial charge in [-0.15, -0.1) is 11.6 Å². The SMILES string of the molecule is [CH2]C1CC(C)C(O)CC1Cl. The molecular formula is C8H14ClO. The largest absolute Gasteiger partial charge is 0.393 e. The van der Waals surface area contributed by atoms with Gasteiger partial charge in [-0.2, -0.15) is 0 Å². The van der Waals surface area contributed by atoms with Crippen LogP contribution in [0.2, 0.25) is 0 Å². The third-order valence-corrected chi connectivity index (χ3v) is 2.84. The molecule has 0 saturated heterocycles. The minimum atomic E-state index is -0.208. The van der Waals surface area contributed by atoms with Crippen molar-refractivity contribution in [1.82, 2.24) is 0 Å². The fraction of sp³-hybridized carbons (Fsp3) is 0.875. The second kappa shape index (κ2) is 3.10. The highest BCUT2D eigenvalue weighted by Gasteiger charge is 2.29. The normalized spacial score (nSPS) is 49.2. The van der Waals surface area contributed by atoms with E-state index in [9.17, 15) is 5.11 Å². The van der Waals surface area contributed by atoms with Gasteiger partial charge in [0.15, 0.2) is 0 Å². The molecule has 1 fully saturated rings. The van der Waals surface area contributed by atoms with Gasteiger partial charge in [-0.05, 0) is 31.6 Å². The van der Waals surface area contributed by atoms with Crippen LogP contribution in [0.3, 0.4) is 0 Å². The Bertz CT molecular complexity index is 89.8. The van der Waals surface area contributed by atoms with Crippen LogP contribution in [0.5, 0.6) is 0 Å². The van der Waals surface area contributed by atoms with Crippen molar-refractivity contribution in [2.24, 2.45) is 11.8 Å². The molecule has 0 amide bonds. The molecule has 1 aliphatic carbocycles. The fourth-order valence-corrected chi connectivity index (χ4v) is 1.72. The molecule has 10 heavy (non-hydrogen) atoms. The Morgan fingerprint density at radius 3 is 2.60 bits per heavy atom. The molecule has 4 atom stereocenters. The second-order valence-corrected chi connectivity index (χ2v) is 3.85. The van der Waals surface area contributed by atoms with Crippen molar-refractivity contribution in [3.63, 3.8) is 0 Å². The minimum Gasteiger partial charge on any atom is -0.393 e. The summed E-state index contributed by atoms with van der Waals surface area (Å²) in [6.45, 7) is 5.97. The number of aliphatic hydroxyl groups excluding tert-OH is 1. The molecule has 1 saturated carbocycles. The molecule has 4 unspecified atom stereocenters. The lowest BCUT2D eigenvalue weighted by Gasteiger charge is -2.32. The van der Waals surface area contributed by atoms with Crippen LogP contribution in [0.25, 0.3) is 0 Å². The topological polar surface area (TPSA) is 20.2 Å². The zero-order chi connectivity index (χ0) is 7.72. The molecular weight excluding hydrogens is 148 g/mol. The van der Waals surface area contributed by atoms with Crippen LogP contribution in [-0.2, 0) is 0 Å². The van der Waals surface area contributed by atoms with Gasteiger partial charge in [0.2, 0.25) is 0 Å². The van der Waals surface area contributed by atoms with Gasteiger partial charge in [-0.25, -0.2) is 0 Å². The molecule has 1 rings (SSSR count). The van der Waals surface area contributed by atoms with E-state index in [0.29, 0.717) is 18.3 Å². The average Bonchev–Trinajstić information content (AvgIpc) is 1.84. The number of aliphatic hydroxyl groups is 1. The summed E-state index contributed by atoms with van der Waals surface area (Å²) in [5, 5.41) is 9.43. The molecule has 0 aliphatic heterocycles. The summed E-state index contributed by atoms with van der Waals surface area (Å²) in [6, 6.07) is 0. The number of halogens is 1. The van der Waals surface area contributed by atoms with Gasteiger partial charge < -0.3 is 5.11 Å². The molecule has 0 heterocycles. The third kappa shape index (κ3) is 1.64. The highest BCUT2D eigenvalue weighted by molar-refractivity contribution is 6.20. The standard InChI is InChI=1S/C8H14ClO/c1-5-3-6(2)8(10)4-7(5)9/h5-8,10H,1,3-4H2,2H3. The van der Waals surface area contributed by atoms with E-state index in [2.05, 4.69) is 6.92 Å². The lowest BCUT2D eigenvalue weighted by atomic mass is 9.81. The Hall–Kier alpha value is 0.250. The molecule has 1 radical (unpaired) electrons. The van der Waals surface area contributed by atoms with E-state index in [1.54, 1.807) is 0 Å². The predicted molar refractivity (Wildman–Crippen MR) is 42.9 cm³/mol. The Morgan fingerprint density at radius 2 is 2.10 bits per heavy atom. The molecule has 1 N–H and O–H groups in total. The van der Waals surface area contributed by atoms with E-state index >= 15 is 0 Å². The average molecular weight is 162 g/mol. The van der Waals surface area contributed by atoms with Gasteiger partial charge in [0.1, 0.15) is 0 Å². The van der Waals surface area contributed by atoms with Gasteiger partial charge in [0.05, 0.1) is 6.10 Å². The van der Waals surface area contributed by atoms with Crippen molar-refractivity contribution in [2.75, 3.05) is 0 Å². The first-order chi connectivity index (χ1) is 4.61. The monoisotopic (exact) mass is 161 g/mol. The molecule has 0 spiro atoms. The van der Waals surface area contributed by atoms with E-state index in [1.807, 2.05) is 6.92 Å². The number of rotatable bonds is 0. The summed E-state index contributed by atoms with van der Waals surface area (Å²) < 4.78 is 0. The van der Waals surface area contributed by atoms with Gasteiger partial charge >= 0.3 is 0 Å². The summed E-state index contributed by atoms with van der Waals surface area (Å²) >= 11 is 5.90. The van der Waals surface area contributed by atoms with Crippen molar-refractivity contribution < 1.29 is 5.11 Å². The van der Waals surface area contributed by atoms with Crippen molar-refractivity contribution in [3.05, 3.63) is 6.92 Å². The molecule has 0 aromatic heterocycles. The highest BCUT2D eigenvalue weighted by Crippen LogP contribution is 2.31. The van der Waals surface area contributed by atoms with Gasteiger partial charge in [0, 0.05) is 5.38 Å². The van der Waals surface area contributed by atoms with Gasteiger partial charge in [0.25, 0.3) is 0 Å². The first kappa shape index (κ1) is 8.35. The van der Waals surface area contributed by atoms with Crippen molar-refractivity contribution in [3.8, 4) is 0 Å². The van der Waals surface area contributed by atoms with Gasteiger partial charge in [-0.1, -0.05) is 6.92 Å². The summed E-state index contributed by atoms with van der Waals surface area (Å²) in [6.07, 6.45) is 1.45. The molecule has 1 nitrogen and oxygen atoms in total. The van der Waals surface area contributed by atoms with Crippen molar-refractivity contribution in [2.45, 2.75) is 31.2 Å². The second-order valence-electron chi connectivity index (χ2n) is 3.29. The lowest BCUT2D eigenvalue weighted by Crippen LogP contribution is -2.33. The molecule has 0 aromatic carbocycles. The first-order valence-electron chi connectivity index (χ1n) is 3.76. The summed E-state index contributed by atoms with van der Waals surface area (Å²) in [7, 11) is 0. The maximum atomic E-state index is 9.35. The quantitative estimate of drug-likeness (QED) is 0.538. The predicted octanol–water partition coefficient (Wildman–Crippen LogP) is 1.83. The van der Waals surface area contributed by atoms with Gasteiger partial charge in [-0.3, -0.25) is 0 Å². The van der Waals surface area contributed by atoms with E-state index in [4.69, 9.17) is 11.6 Å². The van der Waals surface area contributed by atoms with Crippen LogP contribution in [-0.4, -0.2) is 16.6 Å². The molecule has 1 aliphatic rings. The van der Waals surface area contributed by atoms with Crippen LogP contribution in [0.1, 0.15) is 19.8 Å². The Kier molecular flexibility index (Phi) is 2.59. The first-order valence-corrected chi connectivity index (χ1v) is 4.20. The van der Waals surface area contributed by atoms with E-state index < -0.39 is 0 Å². The van der Waals surface area contributed by atoms with E-state index in [1.165, 1.54) is 0 Å². The van der Waals surface area contributed by atoms with Crippen LogP contribution in [0.4, 0.5) is 0 Å². The third-order valence-electron chi connectivity index (χ3n) is 2.31. The lowest BCUT2D eigenvalue weighted by molar-refractivity contribution is 0.0680. The molecule has 2 heteroatoms. The van der Waals surface area contributed by atoms with E-state index in [-0.39, 0.29) is 11.5 Å². The minimum absolute atomic E-state index is 0.0752. The maximum Gasteiger partial charge on any atom is 0.0580 e. The summed E-state index contributed by atoms with van der Waals surface area (Å²) in [4.78, 5) is 0. The Morgan fingerprint density at radius 1 is 1.50 bits per heavy atom. The smallest absolute Gasteiger partial charge is 0.0580 e. The number of alkyl halides is 1. The van der Waals surface area contributed by atoms with Crippen molar-refractivity contribution >= 4 is 11.6 Å². The van der Waals surface area contributed by atoms with Crippen LogP contribution < -0.4 is 0 Å². The van der Waals surface area contributed by atoms with Crippen LogP contribution in [0, 0.1) is 18.8 Å². The molecule has 59 valence electrons. The Labute approximate surface area is 67.4 Å².